The maximum absolute atomic E-state index is 5.34. The molecule has 0 unspecified atom stereocenters. The first kappa shape index (κ1) is 11.8. The van der Waals surface area contributed by atoms with Gasteiger partial charge in [0.05, 0.1) is 25.6 Å². The molecule has 0 saturated heterocycles. The van der Waals surface area contributed by atoms with Crippen LogP contribution in [0, 0.1) is 0 Å². The van der Waals surface area contributed by atoms with Crippen LogP contribution >= 0.6 is 0 Å². The molecule has 1 heterocycles. The zero-order chi connectivity index (χ0) is 10.9. The molecular weight excluding hydrogens is 192 g/mol. The molecule has 0 radical (unpaired) electrons. The molecule has 4 nitrogen and oxygen atoms in total. The average Bonchev–Trinajstić information content (AvgIpc) is 2.30. The largest absolute Gasteiger partial charge is 0.481 e. The van der Waals surface area contributed by atoms with E-state index in [1.165, 1.54) is 0 Å². The molecule has 4 heteroatoms. The minimum absolute atomic E-state index is 0.628. The lowest BCUT2D eigenvalue weighted by Crippen LogP contribution is -2.09. The van der Waals surface area contributed by atoms with Gasteiger partial charge < -0.3 is 14.8 Å². The Morgan fingerprint density at radius 3 is 2.80 bits per heavy atom. The maximum atomic E-state index is 5.34. The van der Waals surface area contributed by atoms with Crippen LogP contribution in [-0.2, 0) is 4.74 Å². The van der Waals surface area contributed by atoms with Gasteiger partial charge in [0, 0.05) is 19.2 Å². The number of pyridine rings is 1. The van der Waals surface area contributed by atoms with Gasteiger partial charge in [-0.1, -0.05) is 6.92 Å². The van der Waals surface area contributed by atoms with E-state index in [2.05, 4.69) is 17.2 Å². The van der Waals surface area contributed by atoms with Crippen molar-refractivity contribution in [1.29, 1.82) is 0 Å². The highest BCUT2D eigenvalue weighted by Gasteiger charge is 1.94. The van der Waals surface area contributed by atoms with Crippen LogP contribution in [0.2, 0.25) is 0 Å². The van der Waals surface area contributed by atoms with Crippen molar-refractivity contribution in [1.82, 2.24) is 4.98 Å². The third-order valence-corrected chi connectivity index (χ3v) is 1.87. The number of hydrogen-bond donors (Lipinski definition) is 1. The van der Waals surface area contributed by atoms with Crippen LogP contribution in [0.5, 0.6) is 5.88 Å². The normalized spacial score (nSPS) is 10.0. The molecule has 0 aliphatic rings. The molecule has 0 aliphatic carbocycles. The number of hydrogen-bond acceptors (Lipinski definition) is 4. The third kappa shape index (κ3) is 4.65. The van der Waals surface area contributed by atoms with Crippen molar-refractivity contribution in [3.63, 3.8) is 0 Å². The van der Waals surface area contributed by atoms with E-state index in [0.717, 1.165) is 31.9 Å². The minimum atomic E-state index is 0.628. The van der Waals surface area contributed by atoms with Crippen LogP contribution in [-0.4, -0.2) is 31.9 Å². The lowest BCUT2D eigenvalue weighted by Gasteiger charge is -2.06. The van der Waals surface area contributed by atoms with Gasteiger partial charge in [-0.05, 0) is 12.5 Å². The predicted molar refractivity (Wildman–Crippen MR) is 60.4 cm³/mol. The van der Waals surface area contributed by atoms with Crippen molar-refractivity contribution in [3.05, 3.63) is 18.3 Å². The summed E-state index contributed by atoms with van der Waals surface area (Å²) in [5.74, 6) is 0.628. The molecule has 1 aromatic rings. The molecule has 0 aliphatic heterocycles. The van der Waals surface area contributed by atoms with Crippen LogP contribution in [0.3, 0.4) is 0 Å². The molecular formula is C11H18N2O2. The first-order chi connectivity index (χ1) is 7.36. The first-order valence-corrected chi connectivity index (χ1v) is 5.18. The van der Waals surface area contributed by atoms with E-state index in [4.69, 9.17) is 9.47 Å². The summed E-state index contributed by atoms with van der Waals surface area (Å²) in [6, 6.07) is 3.76. The fourth-order valence-corrected chi connectivity index (χ4v) is 1.12. The number of rotatable bonds is 7. The zero-order valence-electron chi connectivity index (χ0n) is 9.32. The highest BCUT2D eigenvalue weighted by atomic mass is 16.5. The fraction of sp³-hybridized carbons (Fsp3) is 0.545. The van der Waals surface area contributed by atoms with Gasteiger partial charge in [0.25, 0.3) is 0 Å². The topological polar surface area (TPSA) is 43.4 Å². The second kappa shape index (κ2) is 7.06. The Morgan fingerprint density at radius 1 is 1.33 bits per heavy atom. The third-order valence-electron chi connectivity index (χ3n) is 1.87. The number of ether oxygens (including phenoxy) is 2. The lowest BCUT2D eigenvalue weighted by molar-refractivity contribution is 0.144. The Balaban J connectivity index is 2.20. The van der Waals surface area contributed by atoms with Gasteiger partial charge in [-0.25, -0.2) is 4.98 Å². The second-order valence-electron chi connectivity index (χ2n) is 3.13. The van der Waals surface area contributed by atoms with E-state index in [1.807, 2.05) is 12.1 Å². The van der Waals surface area contributed by atoms with Gasteiger partial charge in [-0.2, -0.15) is 0 Å². The molecule has 0 saturated carbocycles. The highest BCUT2D eigenvalue weighted by molar-refractivity contribution is 5.41. The summed E-state index contributed by atoms with van der Waals surface area (Å²) in [4.78, 5) is 4.09. The van der Waals surface area contributed by atoms with Crippen LogP contribution in [0.15, 0.2) is 18.3 Å². The molecule has 0 fully saturated rings. The van der Waals surface area contributed by atoms with Gasteiger partial charge in [0.15, 0.2) is 0 Å². The Hall–Kier alpha value is -1.29. The van der Waals surface area contributed by atoms with Crippen LogP contribution in [0.4, 0.5) is 5.69 Å². The van der Waals surface area contributed by atoms with Crippen molar-refractivity contribution < 1.29 is 9.47 Å². The standard InChI is InChI=1S/C11H18N2O2/c1-3-7-15-8-6-12-10-4-5-11(14-2)13-9-10/h4-5,9,12H,3,6-8H2,1-2H3. The first-order valence-electron chi connectivity index (χ1n) is 5.18. The number of anilines is 1. The summed E-state index contributed by atoms with van der Waals surface area (Å²) in [6.07, 6.45) is 2.81. The number of aromatic nitrogens is 1. The SMILES string of the molecule is CCCOCCNc1ccc(OC)nc1. The molecule has 15 heavy (non-hydrogen) atoms. The van der Waals surface area contributed by atoms with Crippen LogP contribution < -0.4 is 10.1 Å². The fourth-order valence-electron chi connectivity index (χ4n) is 1.12. The minimum Gasteiger partial charge on any atom is -0.481 e. The summed E-state index contributed by atoms with van der Waals surface area (Å²) in [7, 11) is 1.61. The molecule has 1 rings (SSSR count). The summed E-state index contributed by atoms with van der Waals surface area (Å²) < 4.78 is 10.3. The van der Waals surface area contributed by atoms with Crippen molar-refractivity contribution in [2.75, 3.05) is 32.2 Å². The average molecular weight is 210 g/mol. The van der Waals surface area contributed by atoms with Crippen molar-refractivity contribution in [2.24, 2.45) is 0 Å². The lowest BCUT2D eigenvalue weighted by atomic mass is 10.4. The maximum Gasteiger partial charge on any atom is 0.213 e. The highest BCUT2D eigenvalue weighted by Crippen LogP contribution is 2.10. The van der Waals surface area contributed by atoms with Gasteiger partial charge in [0.1, 0.15) is 0 Å². The summed E-state index contributed by atoms with van der Waals surface area (Å²) >= 11 is 0. The monoisotopic (exact) mass is 210 g/mol. The van der Waals surface area contributed by atoms with Crippen molar-refractivity contribution >= 4 is 5.69 Å². The van der Waals surface area contributed by atoms with Gasteiger partial charge in [-0.3, -0.25) is 0 Å². The summed E-state index contributed by atoms with van der Waals surface area (Å²) in [6.45, 7) is 4.44. The molecule has 1 N–H and O–H groups in total. The van der Waals surface area contributed by atoms with E-state index in [0.29, 0.717) is 5.88 Å². The van der Waals surface area contributed by atoms with Gasteiger partial charge >= 0.3 is 0 Å². The van der Waals surface area contributed by atoms with Gasteiger partial charge in [0.2, 0.25) is 5.88 Å². The Bertz CT molecular complexity index is 262. The van der Waals surface area contributed by atoms with E-state index < -0.39 is 0 Å². The van der Waals surface area contributed by atoms with E-state index >= 15 is 0 Å². The Labute approximate surface area is 90.6 Å². The number of nitrogens with one attached hydrogen (secondary N) is 1. The molecule has 1 aromatic heterocycles. The van der Waals surface area contributed by atoms with Crippen molar-refractivity contribution in [2.45, 2.75) is 13.3 Å². The summed E-state index contributed by atoms with van der Waals surface area (Å²) in [5, 5.41) is 3.21. The molecule has 0 aromatic carbocycles. The zero-order valence-corrected chi connectivity index (χ0v) is 9.32. The van der Waals surface area contributed by atoms with Crippen molar-refractivity contribution in [3.8, 4) is 5.88 Å². The smallest absolute Gasteiger partial charge is 0.213 e. The molecule has 0 amide bonds. The molecule has 84 valence electrons. The number of nitrogens with zero attached hydrogens (tertiary/aromatic N) is 1. The van der Waals surface area contributed by atoms with E-state index in [1.54, 1.807) is 13.3 Å². The Kier molecular flexibility index (Phi) is 5.55. The Morgan fingerprint density at radius 2 is 2.20 bits per heavy atom. The number of methoxy groups -OCH3 is 1. The predicted octanol–water partition coefficient (Wildman–Crippen LogP) is 1.93. The van der Waals surface area contributed by atoms with Crippen LogP contribution in [0.1, 0.15) is 13.3 Å². The van der Waals surface area contributed by atoms with Gasteiger partial charge in [-0.15, -0.1) is 0 Å². The molecule has 0 atom stereocenters. The molecule has 0 spiro atoms. The van der Waals surface area contributed by atoms with E-state index in [9.17, 15) is 0 Å². The summed E-state index contributed by atoms with van der Waals surface area (Å²) in [5.41, 5.74) is 0.982. The van der Waals surface area contributed by atoms with Crippen LogP contribution in [0.25, 0.3) is 0 Å². The quantitative estimate of drug-likeness (QED) is 0.698. The van der Waals surface area contributed by atoms with E-state index in [-0.39, 0.29) is 0 Å². The molecule has 0 bridgehead atoms. The second-order valence-corrected chi connectivity index (χ2v) is 3.13.